The molecule has 0 bridgehead atoms. The maximum Gasteiger partial charge on any atom is 0.230 e. The third-order valence-corrected chi connectivity index (χ3v) is 5.19. The second kappa shape index (κ2) is 6.23. The Morgan fingerprint density at radius 1 is 1.37 bits per heavy atom. The minimum Gasteiger partial charge on any atom is -0.396 e. The molecule has 1 saturated carbocycles. The molecule has 2 fully saturated rings. The minimum atomic E-state index is -0.291. The molecule has 1 unspecified atom stereocenters. The Bertz CT molecular complexity index is 311. The van der Waals surface area contributed by atoms with E-state index in [1.165, 1.54) is 0 Å². The van der Waals surface area contributed by atoms with Crippen LogP contribution in [0.3, 0.4) is 0 Å². The van der Waals surface area contributed by atoms with E-state index >= 15 is 0 Å². The molecule has 3 N–H and O–H groups in total. The molecule has 0 aromatic carbocycles. The van der Waals surface area contributed by atoms with Crippen molar-refractivity contribution in [1.29, 1.82) is 0 Å². The predicted octanol–water partition coefficient (Wildman–Crippen LogP) is 1.37. The van der Waals surface area contributed by atoms with Gasteiger partial charge < -0.3 is 15.7 Å². The third kappa shape index (κ3) is 3.11. The quantitative estimate of drug-likeness (QED) is 0.809. The molecule has 4 heteroatoms. The predicted molar refractivity (Wildman–Crippen MR) is 75.5 cm³/mol. The maximum atomic E-state index is 12.8. The molecule has 1 aliphatic heterocycles. The highest BCUT2D eigenvalue weighted by atomic mass is 16.3. The first-order chi connectivity index (χ1) is 9.11. The molecule has 4 nitrogen and oxygen atoms in total. The summed E-state index contributed by atoms with van der Waals surface area (Å²) >= 11 is 0. The number of aliphatic hydroxyl groups is 1. The number of rotatable bonds is 4. The van der Waals surface area contributed by atoms with Crippen molar-refractivity contribution in [3.05, 3.63) is 0 Å². The summed E-state index contributed by atoms with van der Waals surface area (Å²) in [6, 6.07) is 0. The molecule has 0 aromatic heterocycles. The number of hydrogen-bond donors (Lipinski definition) is 2. The fourth-order valence-electron chi connectivity index (χ4n) is 3.59. The highest BCUT2D eigenvalue weighted by molar-refractivity contribution is 5.83. The van der Waals surface area contributed by atoms with Crippen molar-refractivity contribution < 1.29 is 9.90 Å². The standard InChI is InChI=1S/C15H28N2O2/c1-12-2-6-15(11-16,7-3-12)14(19)17-8-4-13(10-17)5-9-18/h12-13,18H,2-11,16H2,1H3. The summed E-state index contributed by atoms with van der Waals surface area (Å²) in [6.07, 6.45) is 5.99. The number of nitrogens with two attached hydrogens (primary N) is 1. The second-order valence-corrected chi connectivity index (χ2v) is 6.59. The van der Waals surface area contributed by atoms with Crippen molar-refractivity contribution in [2.45, 2.75) is 45.4 Å². The third-order valence-electron chi connectivity index (χ3n) is 5.19. The number of carbonyl (C=O) groups is 1. The molecule has 1 saturated heterocycles. The van der Waals surface area contributed by atoms with Crippen LogP contribution in [-0.2, 0) is 4.79 Å². The Morgan fingerprint density at radius 2 is 2.05 bits per heavy atom. The molecule has 19 heavy (non-hydrogen) atoms. The van der Waals surface area contributed by atoms with Crippen molar-refractivity contribution in [2.75, 3.05) is 26.2 Å². The Morgan fingerprint density at radius 3 is 2.63 bits per heavy atom. The summed E-state index contributed by atoms with van der Waals surface area (Å²) in [4.78, 5) is 14.8. The molecule has 2 rings (SSSR count). The highest BCUT2D eigenvalue weighted by Crippen LogP contribution is 2.40. The Hall–Kier alpha value is -0.610. The van der Waals surface area contributed by atoms with Gasteiger partial charge in [-0.2, -0.15) is 0 Å². The highest BCUT2D eigenvalue weighted by Gasteiger charge is 2.43. The Labute approximate surface area is 116 Å². The second-order valence-electron chi connectivity index (χ2n) is 6.59. The van der Waals surface area contributed by atoms with Gasteiger partial charge in [0.2, 0.25) is 5.91 Å². The van der Waals surface area contributed by atoms with Crippen LogP contribution < -0.4 is 5.73 Å². The monoisotopic (exact) mass is 268 g/mol. The van der Waals surface area contributed by atoms with Crippen LogP contribution >= 0.6 is 0 Å². The normalized spacial score (nSPS) is 35.6. The van der Waals surface area contributed by atoms with Crippen LogP contribution in [0.4, 0.5) is 0 Å². The van der Waals surface area contributed by atoms with Crippen LogP contribution in [0.25, 0.3) is 0 Å². The number of nitrogens with zero attached hydrogens (tertiary/aromatic N) is 1. The lowest BCUT2D eigenvalue weighted by molar-refractivity contribution is -0.143. The van der Waals surface area contributed by atoms with E-state index in [-0.39, 0.29) is 17.9 Å². The molecule has 1 heterocycles. The molecular weight excluding hydrogens is 240 g/mol. The van der Waals surface area contributed by atoms with Gasteiger partial charge in [0.1, 0.15) is 0 Å². The van der Waals surface area contributed by atoms with Crippen LogP contribution in [0, 0.1) is 17.3 Å². The molecule has 2 aliphatic rings. The summed E-state index contributed by atoms with van der Waals surface area (Å²) in [5, 5.41) is 9.00. The van der Waals surface area contributed by atoms with E-state index in [2.05, 4.69) is 6.92 Å². The molecule has 1 amide bonds. The molecule has 0 spiro atoms. The van der Waals surface area contributed by atoms with E-state index in [0.717, 1.165) is 57.5 Å². The van der Waals surface area contributed by atoms with Crippen molar-refractivity contribution >= 4 is 5.91 Å². The zero-order chi connectivity index (χ0) is 13.9. The number of likely N-dealkylation sites (tertiary alicyclic amines) is 1. The average Bonchev–Trinajstić information content (AvgIpc) is 2.88. The van der Waals surface area contributed by atoms with Gasteiger partial charge in [0, 0.05) is 26.2 Å². The fraction of sp³-hybridized carbons (Fsp3) is 0.933. The SMILES string of the molecule is CC1CCC(CN)(C(=O)N2CCC(CCO)C2)CC1. The first-order valence-electron chi connectivity index (χ1n) is 7.71. The van der Waals surface area contributed by atoms with Crippen molar-refractivity contribution in [3.8, 4) is 0 Å². The van der Waals surface area contributed by atoms with Gasteiger partial charge in [-0.3, -0.25) is 4.79 Å². The van der Waals surface area contributed by atoms with E-state index in [4.69, 9.17) is 10.8 Å². The van der Waals surface area contributed by atoms with Crippen molar-refractivity contribution in [1.82, 2.24) is 4.90 Å². The van der Waals surface area contributed by atoms with Crippen molar-refractivity contribution in [3.63, 3.8) is 0 Å². The van der Waals surface area contributed by atoms with Gasteiger partial charge in [0.15, 0.2) is 0 Å². The maximum absolute atomic E-state index is 12.8. The number of amides is 1. The van der Waals surface area contributed by atoms with Gasteiger partial charge in [-0.1, -0.05) is 6.92 Å². The van der Waals surface area contributed by atoms with Crippen LogP contribution in [0.2, 0.25) is 0 Å². The van der Waals surface area contributed by atoms with E-state index < -0.39 is 0 Å². The minimum absolute atomic E-state index is 0.228. The van der Waals surface area contributed by atoms with E-state index in [0.29, 0.717) is 12.5 Å². The zero-order valence-corrected chi connectivity index (χ0v) is 12.1. The van der Waals surface area contributed by atoms with Crippen molar-refractivity contribution in [2.24, 2.45) is 23.0 Å². The van der Waals surface area contributed by atoms with Crippen LogP contribution in [-0.4, -0.2) is 42.2 Å². The molecule has 0 radical (unpaired) electrons. The Balaban J connectivity index is 1.98. The first kappa shape index (κ1) is 14.8. The number of carbonyl (C=O) groups excluding carboxylic acids is 1. The molecule has 1 atom stereocenters. The summed E-state index contributed by atoms with van der Waals surface area (Å²) in [5.74, 6) is 1.49. The summed E-state index contributed by atoms with van der Waals surface area (Å²) < 4.78 is 0. The van der Waals surface area contributed by atoms with Crippen LogP contribution in [0.5, 0.6) is 0 Å². The topological polar surface area (TPSA) is 66.6 Å². The van der Waals surface area contributed by atoms with E-state index in [1.807, 2.05) is 4.90 Å². The molecule has 110 valence electrons. The lowest BCUT2D eigenvalue weighted by Crippen LogP contribution is -2.49. The van der Waals surface area contributed by atoms with Crippen LogP contribution in [0.15, 0.2) is 0 Å². The van der Waals surface area contributed by atoms with Gasteiger partial charge in [0.05, 0.1) is 5.41 Å². The van der Waals surface area contributed by atoms with Gasteiger partial charge in [-0.15, -0.1) is 0 Å². The lowest BCUT2D eigenvalue weighted by atomic mass is 9.70. The van der Waals surface area contributed by atoms with Gasteiger partial charge >= 0.3 is 0 Å². The fourth-order valence-corrected chi connectivity index (χ4v) is 3.59. The summed E-state index contributed by atoms with van der Waals surface area (Å²) in [7, 11) is 0. The number of hydrogen-bond acceptors (Lipinski definition) is 3. The number of aliphatic hydroxyl groups excluding tert-OH is 1. The van der Waals surface area contributed by atoms with Gasteiger partial charge in [-0.05, 0) is 50.4 Å². The largest absolute Gasteiger partial charge is 0.396 e. The summed E-state index contributed by atoms with van der Waals surface area (Å²) in [6.45, 7) is 4.64. The molecular formula is C15H28N2O2. The average molecular weight is 268 g/mol. The van der Waals surface area contributed by atoms with Crippen LogP contribution in [0.1, 0.15) is 45.4 Å². The van der Waals surface area contributed by atoms with Gasteiger partial charge in [-0.25, -0.2) is 0 Å². The first-order valence-corrected chi connectivity index (χ1v) is 7.71. The summed E-state index contributed by atoms with van der Waals surface area (Å²) in [5.41, 5.74) is 5.67. The molecule has 1 aliphatic carbocycles. The zero-order valence-electron chi connectivity index (χ0n) is 12.1. The van der Waals surface area contributed by atoms with Gasteiger partial charge in [0.25, 0.3) is 0 Å². The van der Waals surface area contributed by atoms with E-state index in [1.54, 1.807) is 0 Å². The lowest BCUT2D eigenvalue weighted by Gasteiger charge is -2.39. The van der Waals surface area contributed by atoms with E-state index in [9.17, 15) is 4.79 Å². The molecule has 0 aromatic rings. The smallest absolute Gasteiger partial charge is 0.230 e. The Kier molecular flexibility index (Phi) is 4.85.